The fraction of sp³-hybridized carbons (Fsp3) is 0.556. The minimum absolute atomic E-state index is 0.740. The van der Waals surface area contributed by atoms with Crippen LogP contribution in [0.5, 0.6) is 5.06 Å². The van der Waals surface area contributed by atoms with Gasteiger partial charge in [-0.25, -0.2) is 0 Å². The first-order valence-electron chi connectivity index (χ1n) is 4.29. The molecule has 1 rings (SSSR count). The van der Waals surface area contributed by atoms with Gasteiger partial charge in [0.05, 0.1) is 18.2 Å². The first-order valence-corrected chi connectivity index (χ1v) is 5.90. The van der Waals surface area contributed by atoms with Crippen molar-refractivity contribution in [1.29, 1.82) is 0 Å². The first kappa shape index (κ1) is 12.0. The lowest BCUT2D eigenvalue weighted by Crippen LogP contribution is -2.17. The SMILES string of the molecule is COCCNCc1cc(Br)c(OC)s1. The molecule has 1 aromatic rings. The van der Waals surface area contributed by atoms with Gasteiger partial charge in [-0.3, -0.25) is 0 Å². The van der Waals surface area contributed by atoms with Gasteiger partial charge in [-0.2, -0.15) is 0 Å². The standard InChI is InChI=1S/C9H14BrNO2S/c1-12-4-3-11-6-7-5-8(10)9(13-2)14-7/h5,11H,3-4,6H2,1-2H3. The molecule has 0 unspecified atom stereocenters. The van der Waals surface area contributed by atoms with E-state index in [1.54, 1.807) is 25.6 Å². The molecule has 0 atom stereocenters. The topological polar surface area (TPSA) is 30.5 Å². The molecule has 14 heavy (non-hydrogen) atoms. The molecule has 0 fully saturated rings. The molecule has 80 valence electrons. The highest BCUT2D eigenvalue weighted by Gasteiger charge is 2.05. The van der Waals surface area contributed by atoms with Gasteiger partial charge in [-0.05, 0) is 22.0 Å². The number of hydrogen-bond donors (Lipinski definition) is 1. The second-order valence-corrected chi connectivity index (χ2v) is 4.68. The van der Waals surface area contributed by atoms with Crippen LogP contribution in [0.15, 0.2) is 10.5 Å². The molecule has 0 bridgehead atoms. The Balaban J connectivity index is 2.35. The summed E-state index contributed by atoms with van der Waals surface area (Å²) in [6.45, 7) is 2.47. The molecule has 1 heterocycles. The highest BCUT2D eigenvalue weighted by Crippen LogP contribution is 2.34. The zero-order chi connectivity index (χ0) is 10.4. The van der Waals surface area contributed by atoms with Crippen LogP contribution in [0.2, 0.25) is 0 Å². The maximum absolute atomic E-state index is 5.17. The lowest BCUT2D eigenvalue weighted by Gasteiger charge is -2.00. The smallest absolute Gasteiger partial charge is 0.188 e. The Morgan fingerprint density at radius 3 is 2.86 bits per heavy atom. The fourth-order valence-electron chi connectivity index (χ4n) is 1.01. The molecule has 1 N–H and O–H groups in total. The van der Waals surface area contributed by atoms with E-state index >= 15 is 0 Å². The van der Waals surface area contributed by atoms with Crippen LogP contribution in [0, 0.1) is 0 Å². The molecule has 0 saturated carbocycles. The summed E-state index contributed by atoms with van der Waals surface area (Å²) in [6.07, 6.45) is 0. The van der Waals surface area contributed by atoms with E-state index in [0.717, 1.165) is 29.2 Å². The van der Waals surface area contributed by atoms with E-state index in [-0.39, 0.29) is 0 Å². The number of ether oxygens (including phenoxy) is 2. The lowest BCUT2D eigenvalue weighted by molar-refractivity contribution is 0.199. The van der Waals surface area contributed by atoms with E-state index in [2.05, 4.69) is 27.3 Å². The second kappa shape index (κ2) is 6.40. The van der Waals surface area contributed by atoms with Crippen LogP contribution in [-0.2, 0) is 11.3 Å². The van der Waals surface area contributed by atoms with Crippen molar-refractivity contribution in [2.24, 2.45) is 0 Å². The summed E-state index contributed by atoms with van der Waals surface area (Å²) in [5, 5.41) is 4.20. The van der Waals surface area contributed by atoms with E-state index < -0.39 is 0 Å². The Labute approximate surface area is 96.5 Å². The molecule has 3 nitrogen and oxygen atoms in total. The molecule has 0 aliphatic heterocycles. The molecule has 0 saturated heterocycles. The van der Waals surface area contributed by atoms with E-state index in [1.165, 1.54) is 4.88 Å². The second-order valence-electron chi connectivity index (χ2n) is 2.72. The molecule has 0 radical (unpaired) electrons. The average molecular weight is 280 g/mol. The summed E-state index contributed by atoms with van der Waals surface area (Å²) in [4.78, 5) is 1.25. The Kier molecular flexibility index (Phi) is 5.47. The maximum atomic E-state index is 5.17. The van der Waals surface area contributed by atoms with Gasteiger partial charge in [-0.15, -0.1) is 11.3 Å². The summed E-state index contributed by atoms with van der Waals surface area (Å²) in [5.41, 5.74) is 0. The summed E-state index contributed by atoms with van der Waals surface area (Å²) < 4.78 is 11.1. The van der Waals surface area contributed by atoms with E-state index in [9.17, 15) is 0 Å². The number of halogens is 1. The van der Waals surface area contributed by atoms with E-state index in [4.69, 9.17) is 9.47 Å². The van der Waals surface area contributed by atoms with Crippen molar-refractivity contribution in [3.63, 3.8) is 0 Å². The number of nitrogens with one attached hydrogen (secondary N) is 1. The van der Waals surface area contributed by atoms with Crippen LogP contribution >= 0.6 is 27.3 Å². The fourth-order valence-corrected chi connectivity index (χ4v) is 2.67. The normalized spacial score (nSPS) is 10.5. The third kappa shape index (κ3) is 3.57. The minimum Gasteiger partial charge on any atom is -0.486 e. The number of hydrogen-bond acceptors (Lipinski definition) is 4. The molecule has 1 aromatic heterocycles. The van der Waals surface area contributed by atoms with Crippen LogP contribution in [0.4, 0.5) is 0 Å². The van der Waals surface area contributed by atoms with E-state index in [0.29, 0.717) is 0 Å². The van der Waals surface area contributed by atoms with Gasteiger partial charge in [0.15, 0.2) is 5.06 Å². The Hall–Kier alpha value is -0.100. The molecular formula is C9H14BrNO2S. The predicted molar refractivity (Wildman–Crippen MR) is 62.2 cm³/mol. The van der Waals surface area contributed by atoms with Crippen molar-refractivity contribution in [2.75, 3.05) is 27.4 Å². The zero-order valence-electron chi connectivity index (χ0n) is 8.30. The molecule has 5 heteroatoms. The molecular weight excluding hydrogens is 266 g/mol. The summed E-state index contributed by atoms with van der Waals surface area (Å²) in [6, 6.07) is 2.07. The Bertz CT molecular complexity index is 278. The largest absolute Gasteiger partial charge is 0.486 e. The highest BCUT2D eigenvalue weighted by molar-refractivity contribution is 9.10. The molecule has 0 amide bonds. The molecule has 0 aromatic carbocycles. The quantitative estimate of drug-likeness (QED) is 0.811. The van der Waals surface area contributed by atoms with E-state index in [1.807, 2.05) is 0 Å². The average Bonchev–Trinajstić information content (AvgIpc) is 2.54. The van der Waals surface area contributed by atoms with Gasteiger partial charge in [0, 0.05) is 25.1 Å². The molecule has 0 aliphatic rings. The number of rotatable bonds is 6. The van der Waals surface area contributed by atoms with Crippen LogP contribution in [0.1, 0.15) is 4.88 Å². The van der Waals surface area contributed by atoms with Crippen molar-refractivity contribution < 1.29 is 9.47 Å². The van der Waals surface area contributed by atoms with Crippen LogP contribution in [0.3, 0.4) is 0 Å². The van der Waals surface area contributed by atoms with Crippen molar-refractivity contribution in [3.8, 4) is 5.06 Å². The van der Waals surface area contributed by atoms with Crippen LogP contribution in [-0.4, -0.2) is 27.4 Å². The highest BCUT2D eigenvalue weighted by atomic mass is 79.9. The van der Waals surface area contributed by atoms with Gasteiger partial charge < -0.3 is 14.8 Å². The Morgan fingerprint density at radius 2 is 2.29 bits per heavy atom. The Morgan fingerprint density at radius 1 is 1.50 bits per heavy atom. The summed E-state index contributed by atoms with van der Waals surface area (Å²) in [7, 11) is 3.38. The summed E-state index contributed by atoms with van der Waals surface area (Å²) in [5.74, 6) is 0. The van der Waals surface area contributed by atoms with Gasteiger partial charge in [-0.1, -0.05) is 0 Å². The summed E-state index contributed by atoms with van der Waals surface area (Å²) >= 11 is 5.08. The maximum Gasteiger partial charge on any atom is 0.188 e. The monoisotopic (exact) mass is 279 g/mol. The first-order chi connectivity index (χ1) is 6.77. The van der Waals surface area contributed by atoms with Crippen LogP contribution in [0.25, 0.3) is 0 Å². The van der Waals surface area contributed by atoms with Crippen LogP contribution < -0.4 is 10.1 Å². The predicted octanol–water partition coefficient (Wildman–Crippen LogP) is 2.26. The van der Waals surface area contributed by atoms with Gasteiger partial charge >= 0.3 is 0 Å². The van der Waals surface area contributed by atoms with Gasteiger partial charge in [0.2, 0.25) is 0 Å². The van der Waals surface area contributed by atoms with Crippen molar-refractivity contribution in [1.82, 2.24) is 5.32 Å². The number of thiophene rings is 1. The van der Waals surface area contributed by atoms with Crippen molar-refractivity contribution in [2.45, 2.75) is 6.54 Å². The molecule has 0 aliphatic carbocycles. The minimum atomic E-state index is 0.740. The number of methoxy groups -OCH3 is 2. The third-order valence-corrected chi connectivity index (χ3v) is 3.62. The van der Waals surface area contributed by atoms with Crippen molar-refractivity contribution >= 4 is 27.3 Å². The zero-order valence-corrected chi connectivity index (χ0v) is 10.7. The van der Waals surface area contributed by atoms with Gasteiger partial charge in [0.1, 0.15) is 0 Å². The van der Waals surface area contributed by atoms with Gasteiger partial charge in [0.25, 0.3) is 0 Å². The lowest BCUT2D eigenvalue weighted by atomic mass is 10.4. The molecule has 0 spiro atoms. The van der Waals surface area contributed by atoms with Crippen molar-refractivity contribution in [3.05, 3.63) is 15.4 Å². The third-order valence-electron chi connectivity index (χ3n) is 1.67.